The molecule has 0 atom stereocenters. The maximum Gasteiger partial charge on any atom is 0.144 e. The van der Waals surface area contributed by atoms with E-state index in [4.69, 9.17) is 0 Å². The van der Waals surface area contributed by atoms with Gasteiger partial charge in [-0.15, -0.1) is 17.9 Å². The molecule has 0 aliphatic rings. The minimum atomic E-state index is 0.880. The van der Waals surface area contributed by atoms with Crippen LogP contribution < -0.4 is 5.32 Å². The molecule has 78 valence electrons. The van der Waals surface area contributed by atoms with Gasteiger partial charge in [-0.05, 0) is 33.8 Å². The number of thiophene rings is 1. The first-order valence-electron chi connectivity index (χ1n) is 4.69. The zero-order chi connectivity index (χ0) is 10.7. The van der Waals surface area contributed by atoms with Gasteiger partial charge in [-0.2, -0.15) is 0 Å². The smallest absolute Gasteiger partial charge is 0.144 e. The Morgan fingerprint density at radius 3 is 3.27 bits per heavy atom. The van der Waals surface area contributed by atoms with Gasteiger partial charge in [-0.1, -0.05) is 6.08 Å². The Kier molecular flexibility index (Phi) is 3.38. The molecule has 0 fully saturated rings. The summed E-state index contributed by atoms with van der Waals surface area (Å²) < 4.78 is 2.25. The molecule has 0 spiro atoms. The minimum Gasteiger partial charge on any atom is -0.369 e. The van der Waals surface area contributed by atoms with E-state index in [9.17, 15) is 0 Å². The molecule has 2 nitrogen and oxygen atoms in total. The molecule has 0 saturated carbocycles. The highest BCUT2D eigenvalue weighted by atomic mass is 79.9. The highest BCUT2D eigenvalue weighted by Crippen LogP contribution is 2.32. The SMILES string of the molecule is C=CCCNc1ncc(Br)c2ccsc12. The summed E-state index contributed by atoms with van der Waals surface area (Å²) in [6, 6.07) is 2.10. The van der Waals surface area contributed by atoms with Crippen molar-refractivity contribution in [1.29, 1.82) is 0 Å². The van der Waals surface area contributed by atoms with E-state index < -0.39 is 0 Å². The first kappa shape index (κ1) is 10.6. The van der Waals surface area contributed by atoms with Gasteiger partial charge in [0.25, 0.3) is 0 Å². The van der Waals surface area contributed by atoms with Crippen molar-refractivity contribution in [3.8, 4) is 0 Å². The molecule has 15 heavy (non-hydrogen) atoms. The number of hydrogen-bond donors (Lipinski definition) is 1. The maximum absolute atomic E-state index is 4.37. The maximum atomic E-state index is 4.37. The number of hydrogen-bond acceptors (Lipinski definition) is 3. The number of aromatic nitrogens is 1. The van der Waals surface area contributed by atoms with Crippen molar-refractivity contribution in [3.63, 3.8) is 0 Å². The van der Waals surface area contributed by atoms with Crippen molar-refractivity contribution in [1.82, 2.24) is 4.98 Å². The van der Waals surface area contributed by atoms with Gasteiger partial charge in [0.2, 0.25) is 0 Å². The first-order chi connectivity index (χ1) is 7.33. The third-order valence-electron chi connectivity index (χ3n) is 2.09. The van der Waals surface area contributed by atoms with Crippen LogP contribution in [-0.2, 0) is 0 Å². The lowest BCUT2D eigenvalue weighted by atomic mass is 10.3. The molecule has 0 radical (unpaired) electrons. The zero-order valence-corrected chi connectivity index (χ0v) is 10.6. The van der Waals surface area contributed by atoms with Crippen LogP contribution in [0.1, 0.15) is 6.42 Å². The number of fused-ring (bicyclic) bond motifs is 1. The van der Waals surface area contributed by atoms with Crippen LogP contribution in [0.5, 0.6) is 0 Å². The summed E-state index contributed by atoms with van der Waals surface area (Å²) in [6.07, 6.45) is 4.69. The zero-order valence-electron chi connectivity index (χ0n) is 8.16. The average Bonchev–Trinajstić information content (AvgIpc) is 2.71. The highest BCUT2D eigenvalue weighted by Gasteiger charge is 2.06. The number of rotatable bonds is 4. The summed E-state index contributed by atoms with van der Waals surface area (Å²) in [7, 11) is 0. The van der Waals surface area contributed by atoms with Crippen molar-refractivity contribution >= 4 is 43.2 Å². The summed E-state index contributed by atoms with van der Waals surface area (Å²) in [5, 5.41) is 6.61. The Bertz CT molecular complexity index is 478. The van der Waals surface area contributed by atoms with Gasteiger partial charge in [0.15, 0.2) is 0 Å². The summed E-state index contributed by atoms with van der Waals surface area (Å²) in [6.45, 7) is 4.57. The summed E-state index contributed by atoms with van der Waals surface area (Å²) in [4.78, 5) is 4.37. The molecular formula is C11H11BrN2S. The normalized spacial score (nSPS) is 10.5. The fourth-order valence-electron chi connectivity index (χ4n) is 1.35. The lowest BCUT2D eigenvalue weighted by molar-refractivity contribution is 1.06. The van der Waals surface area contributed by atoms with Gasteiger partial charge >= 0.3 is 0 Å². The summed E-state index contributed by atoms with van der Waals surface area (Å²) in [5.41, 5.74) is 0. The Morgan fingerprint density at radius 2 is 2.47 bits per heavy atom. The van der Waals surface area contributed by atoms with Crippen LogP contribution in [0.4, 0.5) is 5.82 Å². The Balaban J connectivity index is 2.31. The second-order valence-electron chi connectivity index (χ2n) is 3.12. The number of anilines is 1. The lowest BCUT2D eigenvalue weighted by Gasteiger charge is -2.05. The lowest BCUT2D eigenvalue weighted by Crippen LogP contribution is -2.01. The molecule has 2 aromatic rings. The van der Waals surface area contributed by atoms with E-state index in [0.717, 1.165) is 23.3 Å². The molecule has 0 unspecified atom stereocenters. The molecule has 0 amide bonds. The van der Waals surface area contributed by atoms with Crippen LogP contribution >= 0.6 is 27.3 Å². The monoisotopic (exact) mass is 282 g/mol. The third-order valence-corrected chi connectivity index (χ3v) is 3.64. The number of halogens is 1. The van der Waals surface area contributed by atoms with E-state index in [1.165, 1.54) is 10.1 Å². The highest BCUT2D eigenvalue weighted by molar-refractivity contribution is 9.10. The van der Waals surface area contributed by atoms with Crippen LogP contribution in [0.25, 0.3) is 10.1 Å². The second kappa shape index (κ2) is 4.77. The minimum absolute atomic E-state index is 0.880. The van der Waals surface area contributed by atoms with Crippen LogP contribution in [0, 0.1) is 0 Å². The molecule has 4 heteroatoms. The molecule has 0 saturated heterocycles. The predicted molar refractivity (Wildman–Crippen MR) is 70.6 cm³/mol. The Morgan fingerprint density at radius 1 is 1.60 bits per heavy atom. The largest absolute Gasteiger partial charge is 0.369 e. The van der Waals surface area contributed by atoms with Gasteiger partial charge in [0.05, 0.1) is 4.70 Å². The molecule has 2 heterocycles. The van der Waals surface area contributed by atoms with E-state index in [1.807, 2.05) is 12.3 Å². The van der Waals surface area contributed by atoms with Gasteiger partial charge in [0, 0.05) is 22.6 Å². The molecule has 1 N–H and O–H groups in total. The van der Waals surface area contributed by atoms with Crippen molar-refractivity contribution in [2.45, 2.75) is 6.42 Å². The summed E-state index contributed by atoms with van der Waals surface area (Å²) >= 11 is 5.20. The third kappa shape index (κ3) is 2.21. The standard InChI is InChI=1S/C11H11BrN2S/c1-2-3-5-13-11-10-8(4-6-15-10)9(12)7-14-11/h2,4,6-7H,1,3,5H2,(H,13,14). The number of pyridine rings is 1. The quantitative estimate of drug-likeness (QED) is 0.676. The molecule has 0 bridgehead atoms. The molecule has 2 aromatic heterocycles. The van der Waals surface area contributed by atoms with E-state index in [2.05, 4.69) is 44.3 Å². The van der Waals surface area contributed by atoms with Gasteiger partial charge in [-0.3, -0.25) is 0 Å². The van der Waals surface area contributed by atoms with E-state index in [1.54, 1.807) is 11.3 Å². The topological polar surface area (TPSA) is 24.9 Å². The number of nitrogens with zero attached hydrogens (tertiary/aromatic N) is 1. The predicted octanol–water partition coefficient (Wildman–Crippen LogP) is 4.05. The van der Waals surface area contributed by atoms with E-state index in [0.29, 0.717) is 0 Å². The van der Waals surface area contributed by atoms with Crippen LogP contribution in [0.2, 0.25) is 0 Å². The van der Waals surface area contributed by atoms with Crippen molar-refractivity contribution in [2.24, 2.45) is 0 Å². The molecule has 0 aliphatic heterocycles. The van der Waals surface area contributed by atoms with Crippen LogP contribution in [-0.4, -0.2) is 11.5 Å². The molecule has 2 rings (SSSR count). The molecular weight excluding hydrogens is 272 g/mol. The number of nitrogens with one attached hydrogen (secondary N) is 1. The fourth-order valence-corrected chi connectivity index (χ4v) is 2.79. The van der Waals surface area contributed by atoms with Crippen LogP contribution in [0.15, 0.2) is 34.8 Å². The van der Waals surface area contributed by atoms with E-state index >= 15 is 0 Å². The van der Waals surface area contributed by atoms with Crippen LogP contribution in [0.3, 0.4) is 0 Å². The Hall–Kier alpha value is -0.870. The average molecular weight is 283 g/mol. The summed E-state index contributed by atoms with van der Waals surface area (Å²) in [5.74, 6) is 0.963. The van der Waals surface area contributed by atoms with Gasteiger partial charge < -0.3 is 5.32 Å². The second-order valence-corrected chi connectivity index (χ2v) is 4.89. The van der Waals surface area contributed by atoms with Gasteiger partial charge in [0.1, 0.15) is 5.82 Å². The van der Waals surface area contributed by atoms with Crippen molar-refractivity contribution in [2.75, 3.05) is 11.9 Å². The van der Waals surface area contributed by atoms with E-state index in [-0.39, 0.29) is 0 Å². The Labute approximate surface area is 101 Å². The molecule has 0 aromatic carbocycles. The van der Waals surface area contributed by atoms with Crippen molar-refractivity contribution in [3.05, 3.63) is 34.8 Å². The van der Waals surface area contributed by atoms with Crippen molar-refractivity contribution < 1.29 is 0 Å². The fraction of sp³-hybridized carbons (Fsp3) is 0.182. The molecule has 0 aliphatic carbocycles. The van der Waals surface area contributed by atoms with Gasteiger partial charge in [-0.25, -0.2) is 4.98 Å². The first-order valence-corrected chi connectivity index (χ1v) is 6.36.